The van der Waals surface area contributed by atoms with Crippen molar-refractivity contribution in [3.8, 4) is 5.75 Å². The molecule has 0 unspecified atom stereocenters. The molecule has 1 aliphatic rings. The number of carbonyl (C=O) groups is 1. The summed E-state index contributed by atoms with van der Waals surface area (Å²) in [4.78, 5) is 17.8. The molecule has 0 radical (unpaired) electrons. The second-order valence-electron chi connectivity index (χ2n) is 8.19. The van der Waals surface area contributed by atoms with Crippen LogP contribution in [-0.2, 0) is 6.54 Å². The van der Waals surface area contributed by atoms with E-state index in [4.69, 9.17) is 9.15 Å². The first-order valence-electron chi connectivity index (χ1n) is 10.9. The van der Waals surface area contributed by atoms with E-state index in [1.54, 1.807) is 13.4 Å². The third-order valence-corrected chi connectivity index (χ3v) is 6.34. The van der Waals surface area contributed by atoms with Gasteiger partial charge in [-0.05, 0) is 42.3 Å². The lowest BCUT2D eigenvalue weighted by Crippen LogP contribution is -2.49. The number of fused-ring (bicyclic) bond motifs is 1. The molecule has 6 heteroatoms. The number of aryl methyl sites for hydroxylation is 1. The van der Waals surface area contributed by atoms with E-state index in [2.05, 4.69) is 40.7 Å². The van der Waals surface area contributed by atoms with Crippen LogP contribution in [0.15, 0.2) is 71.3 Å². The molecule has 0 saturated carbocycles. The molecule has 0 spiro atoms. The number of anilines is 1. The van der Waals surface area contributed by atoms with Crippen LogP contribution in [0.5, 0.6) is 5.75 Å². The van der Waals surface area contributed by atoms with Gasteiger partial charge in [0.25, 0.3) is 5.91 Å². The van der Waals surface area contributed by atoms with Gasteiger partial charge in [0.15, 0.2) is 5.58 Å². The maximum atomic E-state index is 13.5. The lowest BCUT2D eigenvalue weighted by atomic mass is 10.1. The summed E-state index contributed by atoms with van der Waals surface area (Å²) in [5, 5.41) is 0. The quantitative estimate of drug-likeness (QED) is 0.467. The van der Waals surface area contributed by atoms with Gasteiger partial charge in [0, 0.05) is 50.5 Å². The molecule has 3 heterocycles. The second kappa shape index (κ2) is 8.46. The number of hydrogen-bond donors (Lipinski definition) is 0. The smallest absolute Gasteiger partial charge is 0.270 e. The molecule has 0 N–H and O–H groups in total. The predicted molar refractivity (Wildman–Crippen MR) is 126 cm³/mol. The Hall–Kier alpha value is -3.67. The van der Waals surface area contributed by atoms with Gasteiger partial charge >= 0.3 is 0 Å². The number of ether oxygens (including phenoxy) is 1. The van der Waals surface area contributed by atoms with E-state index in [0.717, 1.165) is 35.6 Å². The van der Waals surface area contributed by atoms with Gasteiger partial charge in [-0.2, -0.15) is 0 Å². The van der Waals surface area contributed by atoms with Crippen LogP contribution >= 0.6 is 0 Å². The van der Waals surface area contributed by atoms with Crippen molar-refractivity contribution in [2.75, 3.05) is 38.2 Å². The van der Waals surface area contributed by atoms with E-state index < -0.39 is 0 Å². The van der Waals surface area contributed by atoms with E-state index in [0.29, 0.717) is 25.3 Å². The van der Waals surface area contributed by atoms with Gasteiger partial charge in [-0.1, -0.05) is 24.3 Å². The third kappa shape index (κ3) is 3.73. The molecular weight excluding hydrogens is 402 g/mol. The van der Waals surface area contributed by atoms with Crippen molar-refractivity contribution < 1.29 is 13.9 Å². The van der Waals surface area contributed by atoms with E-state index in [1.807, 2.05) is 41.3 Å². The minimum absolute atomic E-state index is 0.0550. The molecule has 2 aromatic carbocycles. The van der Waals surface area contributed by atoms with Crippen molar-refractivity contribution >= 4 is 22.7 Å². The van der Waals surface area contributed by atoms with Crippen LogP contribution in [0.4, 0.5) is 5.69 Å². The number of hydrogen-bond acceptors (Lipinski definition) is 4. The number of furan rings is 1. The fraction of sp³-hybridized carbons (Fsp3) is 0.269. The summed E-state index contributed by atoms with van der Waals surface area (Å²) in [7, 11) is 1.67. The van der Waals surface area contributed by atoms with Crippen LogP contribution in [-0.4, -0.2) is 48.7 Å². The highest BCUT2D eigenvalue weighted by atomic mass is 16.5. The first kappa shape index (κ1) is 20.2. The fourth-order valence-electron chi connectivity index (χ4n) is 4.41. The van der Waals surface area contributed by atoms with E-state index in [-0.39, 0.29) is 5.91 Å². The SMILES string of the molecule is COc1ccc(N2CCN(C(=O)c3cc4occc4n3Cc3ccccc3C)CC2)cc1. The average Bonchev–Trinajstić information content (AvgIpc) is 3.43. The number of carbonyl (C=O) groups excluding carboxylic acids is 1. The maximum absolute atomic E-state index is 13.5. The van der Waals surface area contributed by atoms with Crippen molar-refractivity contribution in [3.05, 3.63) is 83.7 Å². The minimum atomic E-state index is 0.0550. The highest BCUT2D eigenvalue weighted by Gasteiger charge is 2.26. The number of rotatable bonds is 5. The highest BCUT2D eigenvalue weighted by Crippen LogP contribution is 2.26. The van der Waals surface area contributed by atoms with Gasteiger partial charge in [0.2, 0.25) is 0 Å². The Morgan fingerprint density at radius 2 is 1.75 bits per heavy atom. The maximum Gasteiger partial charge on any atom is 0.270 e. The molecule has 4 aromatic rings. The average molecular weight is 430 g/mol. The molecule has 0 aliphatic carbocycles. The molecule has 6 nitrogen and oxygen atoms in total. The third-order valence-electron chi connectivity index (χ3n) is 6.34. The summed E-state index contributed by atoms with van der Waals surface area (Å²) >= 11 is 0. The van der Waals surface area contributed by atoms with Crippen molar-refractivity contribution in [2.45, 2.75) is 13.5 Å². The number of amides is 1. The highest BCUT2D eigenvalue weighted by molar-refractivity contribution is 5.97. The van der Waals surface area contributed by atoms with Crippen LogP contribution in [0.2, 0.25) is 0 Å². The van der Waals surface area contributed by atoms with Gasteiger partial charge in [-0.15, -0.1) is 0 Å². The van der Waals surface area contributed by atoms with Crippen LogP contribution in [0, 0.1) is 6.92 Å². The molecular formula is C26H27N3O3. The zero-order valence-electron chi connectivity index (χ0n) is 18.5. The molecule has 0 atom stereocenters. The van der Waals surface area contributed by atoms with Crippen LogP contribution in [0.3, 0.4) is 0 Å². The summed E-state index contributed by atoms with van der Waals surface area (Å²) in [5.74, 6) is 0.903. The number of nitrogens with zero attached hydrogens (tertiary/aromatic N) is 3. The van der Waals surface area contributed by atoms with Crippen molar-refractivity contribution in [2.24, 2.45) is 0 Å². The Bertz CT molecular complexity index is 1230. The van der Waals surface area contributed by atoms with Gasteiger partial charge in [-0.25, -0.2) is 0 Å². The molecule has 164 valence electrons. The Morgan fingerprint density at radius 3 is 2.47 bits per heavy atom. The zero-order valence-corrected chi connectivity index (χ0v) is 18.5. The van der Waals surface area contributed by atoms with E-state index in [9.17, 15) is 4.79 Å². The van der Waals surface area contributed by atoms with Crippen molar-refractivity contribution in [1.82, 2.24) is 9.47 Å². The molecule has 1 fully saturated rings. The van der Waals surface area contributed by atoms with Crippen LogP contribution in [0.25, 0.3) is 11.1 Å². The van der Waals surface area contributed by atoms with Gasteiger partial charge in [0.1, 0.15) is 11.4 Å². The zero-order chi connectivity index (χ0) is 22.1. The molecule has 2 aromatic heterocycles. The lowest BCUT2D eigenvalue weighted by molar-refractivity contribution is 0.0737. The fourth-order valence-corrected chi connectivity index (χ4v) is 4.41. The van der Waals surface area contributed by atoms with Crippen molar-refractivity contribution in [3.63, 3.8) is 0 Å². The Morgan fingerprint density at radius 1 is 1.00 bits per heavy atom. The van der Waals surface area contributed by atoms with Gasteiger partial charge in [-0.3, -0.25) is 4.79 Å². The monoisotopic (exact) mass is 429 g/mol. The number of piperazine rings is 1. The Labute approximate surface area is 187 Å². The molecule has 32 heavy (non-hydrogen) atoms. The Kier molecular flexibility index (Phi) is 5.35. The summed E-state index contributed by atoms with van der Waals surface area (Å²) in [6.07, 6.45) is 1.68. The normalized spacial score (nSPS) is 14.2. The number of aromatic nitrogens is 1. The topological polar surface area (TPSA) is 50.9 Å². The molecule has 1 aliphatic heterocycles. The number of benzene rings is 2. The lowest BCUT2D eigenvalue weighted by Gasteiger charge is -2.36. The first-order chi connectivity index (χ1) is 15.6. The summed E-state index contributed by atoms with van der Waals surface area (Å²) in [5.41, 5.74) is 5.94. The van der Waals surface area contributed by atoms with Gasteiger partial charge in [0.05, 0.1) is 18.9 Å². The van der Waals surface area contributed by atoms with Crippen LogP contribution in [0.1, 0.15) is 21.6 Å². The molecule has 0 bridgehead atoms. The number of methoxy groups -OCH3 is 1. The van der Waals surface area contributed by atoms with Crippen molar-refractivity contribution in [1.29, 1.82) is 0 Å². The van der Waals surface area contributed by atoms with Crippen LogP contribution < -0.4 is 9.64 Å². The molecule has 1 amide bonds. The standard InChI is InChI=1S/C26H27N3O3/c1-19-5-3-4-6-20(19)18-29-23-11-16-32-25(23)17-24(29)26(30)28-14-12-27(13-15-28)21-7-9-22(31-2)10-8-21/h3-11,16-17H,12-15,18H2,1-2H3. The van der Waals surface area contributed by atoms with Gasteiger partial charge < -0.3 is 23.5 Å². The summed E-state index contributed by atoms with van der Waals surface area (Å²) in [6.45, 7) is 5.71. The summed E-state index contributed by atoms with van der Waals surface area (Å²) < 4.78 is 13.0. The Balaban J connectivity index is 1.35. The predicted octanol–water partition coefficient (Wildman–Crippen LogP) is 4.56. The molecule has 5 rings (SSSR count). The minimum Gasteiger partial charge on any atom is -0.497 e. The molecule has 1 saturated heterocycles. The first-order valence-corrected chi connectivity index (χ1v) is 10.9. The second-order valence-corrected chi connectivity index (χ2v) is 8.19. The van der Waals surface area contributed by atoms with E-state index >= 15 is 0 Å². The largest absolute Gasteiger partial charge is 0.497 e. The summed E-state index contributed by atoms with van der Waals surface area (Å²) in [6, 6.07) is 20.2. The van der Waals surface area contributed by atoms with E-state index in [1.165, 1.54) is 11.1 Å².